The van der Waals surface area contributed by atoms with E-state index in [1.54, 1.807) is 0 Å². The monoisotopic (exact) mass is 177 g/mol. The first-order chi connectivity index (χ1) is 6.18. The van der Waals surface area contributed by atoms with Crippen LogP contribution in [-0.4, -0.2) is 26.8 Å². The summed E-state index contributed by atoms with van der Waals surface area (Å²) >= 11 is 0. The predicted octanol–water partition coefficient (Wildman–Crippen LogP) is 0.454. The minimum Gasteiger partial charge on any atom is -0.478 e. The van der Waals surface area contributed by atoms with Gasteiger partial charge in [0.05, 0.1) is 23.3 Å². The van der Waals surface area contributed by atoms with Gasteiger partial charge in [-0.05, 0) is 6.08 Å². The van der Waals surface area contributed by atoms with Gasteiger partial charge in [-0.2, -0.15) is 0 Å². The number of fused-ring (bicyclic) bond motifs is 1. The number of carboxylic acids is 1. The summed E-state index contributed by atoms with van der Waals surface area (Å²) in [4.78, 5) is 17.4. The van der Waals surface area contributed by atoms with Crippen molar-refractivity contribution in [1.29, 1.82) is 5.41 Å². The van der Waals surface area contributed by atoms with Crippen molar-refractivity contribution in [1.82, 2.24) is 9.97 Å². The number of rotatable bonds is 1. The highest BCUT2D eigenvalue weighted by Crippen LogP contribution is 2.18. The molecule has 0 amide bonds. The molecule has 1 aromatic rings. The zero-order chi connectivity index (χ0) is 9.42. The van der Waals surface area contributed by atoms with E-state index in [2.05, 4.69) is 9.97 Å². The molecule has 0 fully saturated rings. The molecule has 0 saturated carbocycles. The molecule has 0 radical (unpaired) electrons. The van der Waals surface area contributed by atoms with Crippen molar-refractivity contribution in [2.45, 2.75) is 6.42 Å². The van der Waals surface area contributed by atoms with Crippen molar-refractivity contribution in [3.05, 3.63) is 23.3 Å². The average Bonchev–Trinajstić information content (AvgIpc) is 2.48. The number of hydrogen-bond acceptors (Lipinski definition) is 3. The predicted molar refractivity (Wildman–Crippen MR) is 45.6 cm³/mol. The summed E-state index contributed by atoms with van der Waals surface area (Å²) in [5, 5.41) is 16.2. The largest absolute Gasteiger partial charge is 0.478 e. The molecule has 5 heteroatoms. The van der Waals surface area contributed by atoms with Gasteiger partial charge in [-0.25, -0.2) is 9.78 Å². The van der Waals surface area contributed by atoms with Crippen LogP contribution in [0.25, 0.3) is 6.08 Å². The maximum Gasteiger partial charge on any atom is 0.337 e. The van der Waals surface area contributed by atoms with Crippen molar-refractivity contribution in [3.63, 3.8) is 0 Å². The molecule has 0 aromatic carbocycles. The Balaban J connectivity index is 2.52. The first kappa shape index (κ1) is 7.72. The van der Waals surface area contributed by atoms with Gasteiger partial charge in [0.1, 0.15) is 0 Å². The van der Waals surface area contributed by atoms with Crippen LogP contribution in [0.4, 0.5) is 0 Å². The molecule has 0 atom stereocenters. The Hall–Kier alpha value is -1.91. The topological polar surface area (TPSA) is 89.8 Å². The lowest BCUT2D eigenvalue weighted by molar-refractivity contribution is -0.131. The molecule has 0 unspecified atom stereocenters. The average molecular weight is 177 g/mol. The van der Waals surface area contributed by atoms with Gasteiger partial charge in [-0.1, -0.05) is 0 Å². The molecule has 1 heterocycles. The molecule has 0 aliphatic heterocycles. The molecular weight excluding hydrogens is 170 g/mol. The number of carboxylic acid groups (broad SMARTS) is 1. The van der Waals surface area contributed by atoms with E-state index < -0.39 is 5.97 Å². The number of aliphatic carboxylic acids is 1. The lowest BCUT2D eigenvalue weighted by Gasteiger charge is -2.09. The maximum atomic E-state index is 10.6. The van der Waals surface area contributed by atoms with Crippen LogP contribution >= 0.6 is 0 Å². The van der Waals surface area contributed by atoms with Crippen LogP contribution in [0.2, 0.25) is 0 Å². The number of aromatic nitrogens is 2. The van der Waals surface area contributed by atoms with E-state index in [1.165, 1.54) is 12.4 Å². The standard InChI is InChI=1S/C8H7N3O2/c9-5-2-7-6(10-3-11-7)1-4(5)8(12)13/h1,3,9H,2H2,(H,10,11)(H,12,13). The minimum absolute atomic E-state index is 0.0274. The van der Waals surface area contributed by atoms with Gasteiger partial charge in [0.15, 0.2) is 0 Å². The Kier molecular flexibility index (Phi) is 1.51. The second-order valence-corrected chi connectivity index (χ2v) is 2.78. The molecule has 2 rings (SSSR count). The second kappa shape index (κ2) is 2.55. The molecule has 13 heavy (non-hydrogen) atoms. The van der Waals surface area contributed by atoms with Crippen LogP contribution in [0, 0.1) is 5.41 Å². The van der Waals surface area contributed by atoms with Crippen LogP contribution in [0.5, 0.6) is 0 Å². The van der Waals surface area contributed by atoms with E-state index in [-0.39, 0.29) is 11.3 Å². The van der Waals surface area contributed by atoms with Crippen LogP contribution in [0.1, 0.15) is 11.4 Å². The number of H-pyrrole nitrogens is 1. The fraction of sp³-hybridized carbons (Fsp3) is 0.125. The number of hydrogen-bond donors (Lipinski definition) is 3. The summed E-state index contributed by atoms with van der Waals surface area (Å²) < 4.78 is 0. The number of aromatic amines is 1. The van der Waals surface area contributed by atoms with Gasteiger partial charge in [-0.3, -0.25) is 0 Å². The number of nitrogens with zero attached hydrogens (tertiary/aromatic N) is 1. The van der Waals surface area contributed by atoms with Gasteiger partial charge >= 0.3 is 5.97 Å². The highest BCUT2D eigenvalue weighted by molar-refractivity contribution is 6.22. The van der Waals surface area contributed by atoms with Gasteiger partial charge in [0, 0.05) is 12.1 Å². The van der Waals surface area contributed by atoms with Crippen LogP contribution in [0.3, 0.4) is 0 Å². The zero-order valence-electron chi connectivity index (χ0n) is 6.66. The number of imidazole rings is 1. The highest BCUT2D eigenvalue weighted by atomic mass is 16.4. The first-order valence-corrected chi connectivity index (χ1v) is 3.73. The van der Waals surface area contributed by atoms with Gasteiger partial charge < -0.3 is 15.5 Å². The zero-order valence-corrected chi connectivity index (χ0v) is 6.66. The number of nitrogens with one attached hydrogen (secondary N) is 2. The van der Waals surface area contributed by atoms with Gasteiger partial charge in [0.25, 0.3) is 0 Å². The van der Waals surface area contributed by atoms with E-state index in [0.29, 0.717) is 12.1 Å². The molecule has 0 bridgehead atoms. The lowest BCUT2D eigenvalue weighted by Crippen LogP contribution is -2.17. The van der Waals surface area contributed by atoms with E-state index in [0.717, 1.165) is 5.69 Å². The van der Waals surface area contributed by atoms with E-state index in [4.69, 9.17) is 10.5 Å². The van der Waals surface area contributed by atoms with Gasteiger partial charge in [0.2, 0.25) is 0 Å². The lowest BCUT2D eigenvalue weighted by atomic mass is 9.98. The fourth-order valence-corrected chi connectivity index (χ4v) is 1.28. The third-order valence-electron chi connectivity index (χ3n) is 1.94. The van der Waals surface area contributed by atoms with Crippen LogP contribution in [0.15, 0.2) is 11.9 Å². The van der Waals surface area contributed by atoms with E-state index in [9.17, 15) is 4.79 Å². The maximum absolute atomic E-state index is 10.6. The third kappa shape index (κ3) is 1.14. The van der Waals surface area contributed by atoms with Crippen molar-refractivity contribution in [2.24, 2.45) is 0 Å². The summed E-state index contributed by atoms with van der Waals surface area (Å²) in [7, 11) is 0. The third-order valence-corrected chi connectivity index (χ3v) is 1.94. The minimum atomic E-state index is -1.07. The highest BCUT2D eigenvalue weighted by Gasteiger charge is 2.21. The Bertz CT molecular complexity index is 417. The quantitative estimate of drug-likeness (QED) is 0.581. The first-order valence-electron chi connectivity index (χ1n) is 3.73. The van der Waals surface area contributed by atoms with Crippen molar-refractivity contribution in [3.8, 4) is 0 Å². The molecule has 1 aliphatic carbocycles. The SMILES string of the molecule is N=C1Cc2[nH]cnc2C=C1C(=O)O. The molecule has 1 aliphatic rings. The summed E-state index contributed by atoms with van der Waals surface area (Å²) in [6.45, 7) is 0. The fourth-order valence-electron chi connectivity index (χ4n) is 1.28. The Morgan fingerprint density at radius 1 is 1.69 bits per heavy atom. The van der Waals surface area contributed by atoms with E-state index >= 15 is 0 Å². The molecular formula is C8H7N3O2. The summed E-state index contributed by atoms with van der Waals surface area (Å²) in [6.07, 6.45) is 3.23. The Labute approximate surface area is 73.6 Å². The normalized spacial score (nSPS) is 15.1. The Morgan fingerprint density at radius 3 is 3.15 bits per heavy atom. The second-order valence-electron chi connectivity index (χ2n) is 2.78. The van der Waals surface area contributed by atoms with Crippen molar-refractivity contribution >= 4 is 17.8 Å². The summed E-state index contributed by atoms with van der Waals surface area (Å²) in [6, 6.07) is 0. The molecule has 0 spiro atoms. The number of carbonyl (C=O) groups is 1. The van der Waals surface area contributed by atoms with Crippen molar-refractivity contribution in [2.75, 3.05) is 0 Å². The van der Waals surface area contributed by atoms with Crippen LogP contribution < -0.4 is 0 Å². The molecule has 3 N–H and O–H groups in total. The summed E-state index contributed by atoms with van der Waals surface area (Å²) in [5.74, 6) is -1.07. The molecule has 1 aromatic heterocycles. The Morgan fingerprint density at radius 2 is 2.46 bits per heavy atom. The molecule has 0 saturated heterocycles. The van der Waals surface area contributed by atoms with Crippen molar-refractivity contribution < 1.29 is 9.90 Å². The smallest absolute Gasteiger partial charge is 0.337 e. The van der Waals surface area contributed by atoms with Crippen LogP contribution in [-0.2, 0) is 11.2 Å². The molecule has 66 valence electrons. The van der Waals surface area contributed by atoms with E-state index in [1.807, 2.05) is 0 Å². The summed E-state index contributed by atoms with van der Waals surface area (Å²) in [5.41, 5.74) is 1.56. The van der Waals surface area contributed by atoms with Gasteiger partial charge in [-0.15, -0.1) is 0 Å². The molecule has 5 nitrogen and oxygen atoms in total.